The molecular weight excluding hydrogens is 477 g/mol. The zero-order valence-electron chi connectivity index (χ0n) is 19.7. The van der Waals surface area contributed by atoms with Gasteiger partial charge < -0.3 is 14.7 Å². The second-order valence-electron chi connectivity index (χ2n) is 8.56. The Morgan fingerprint density at radius 2 is 1.97 bits per heavy atom. The standard InChI is InChI=1S/C25H32FNO5S2/c1-4-6-12-25(5-2)16-27(19-9-7-18(26)8-10-19)20-14-22(33-3)21(32-13-11-24(28)29)15-23(20)34(30,31)17-25/h7-11,13-15,30-31H,4-6,12,16-17H2,1-3H3,(H,28,29)/b13-11+. The summed E-state index contributed by atoms with van der Waals surface area (Å²) in [7, 11) is -3.21. The van der Waals surface area contributed by atoms with Crippen molar-refractivity contribution in [3.63, 3.8) is 0 Å². The number of halogens is 1. The van der Waals surface area contributed by atoms with Crippen molar-refractivity contribution in [1.82, 2.24) is 0 Å². The van der Waals surface area contributed by atoms with Crippen molar-refractivity contribution >= 4 is 39.7 Å². The lowest BCUT2D eigenvalue weighted by atomic mass is 9.81. The third-order valence-electron chi connectivity index (χ3n) is 6.24. The van der Waals surface area contributed by atoms with Crippen LogP contribution in [0.5, 0.6) is 5.75 Å². The molecule has 9 heteroatoms. The monoisotopic (exact) mass is 509 g/mol. The molecule has 0 aromatic heterocycles. The van der Waals surface area contributed by atoms with E-state index in [1.54, 1.807) is 18.2 Å². The molecule has 6 nitrogen and oxygen atoms in total. The number of thioether (sulfide) groups is 1. The van der Waals surface area contributed by atoms with Gasteiger partial charge in [-0.1, -0.05) is 26.7 Å². The summed E-state index contributed by atoms with van der Waals surface area (Å²) in [5, 5.41) is 8.88. The molecule has 1 aliphatic heterocycles. The van der Waals surface area contributed by atoms with Gasteiger partial charge in [0, 0.05) is 29.5 Å². The van der Waals surface area contributed by atoms with Crippen LogP contribution in [0.25, 0.3) is 0 Å². The van der Waals surface area contributed by atoms with E-state index in [1.165, 1.54) is 23.9 Å². The number of rotatable bonds is 9. The van der Waals surface area contributed by atoms with Gasteiger partial charge in [-0.05, 0) is 49.4 Å². The Bertz CT molecular complexity index is 1040. The lowest BCUT2D eigenvalue weighted by Crippen LogP contribution is -2.37. The van der Waals surface area contributed by atoms with Crippen LogP contribution in [0.2, 0.25) is 0 Å². The maximum atomic E-state index is 13.7. The van der Waals surface area contributed by atoms with Crippen LogP contribution in [0.3, 0.4) is 0 Å². The maximum Gasteiger partial charge on any atom is 0.331 e. The highest BCUT2D eigenvalue weighted by Crippen LogP contribution is 2.62. The SMILES string of the molecule is CCCCC1(CC)CN(c2ccc(F)cc2)c2cc(SC)c(O/C=C/C(=O)O)cc2S(O)(O)C1. The zero-order valence-corrected chi connectivity index (χ0v) is 21.3. The largest absolute Gasteiger partial charge is 0.478 e. The smallest absolute Gasteiger partial charge is 0.331 e. The highest BCUT2D eigenvalue weighted by molar-refractivity contribution is 8.24. The first-order chi connectivity index (χ1) is 16.1. The molecule has 0 amide bonds. The Hall–Kier alpha value is -2.20. The molecule has 0 fully saturated rings. The first-order valence-electron chi connectivity index (χ1n) is 11.2. The molecule has 2 aromatic carbocycles. The second-order valence-corrected chi connectivity index (χ2v) is 11.5. The van der Waals surface area contributed by atoms with Crippen LogP contribution in [-0.2, 0) is 4.79 Å². The highest BCUT2D eigenvalue weighted by Gasteiger charge is 2.42. The molecule has 1 aliphatic rings. The Balaban J connectivity index is 2.21. The average molecular weight is 510 g/mol. The molecule has 0 aliphatic carbocycles. The number of nitrogens with zero attached hydrogens (tertiary/aromatic N) is 1. The summed E-state index contributed by atoms with van der Waals surface area (Å²) < 4.78 is 42.2. The number of carboxylic acid groups (broad SMARTS) is 1. The van der Waals surface area contributed by atoms with Crippen LogP contribution in [0.1, 0.15) is 39.5 Å². The summed E-state index contributed by atoms with van der Waals surface area (Å²) >= 11 is 1.41. The Morgan fingerprint density at radius 3 is 2.56 bits per heavy atom. The summed E-state index contributed by atoms with van der Waals surface area (Å²) in [5.41, 5.74) is 1.05. The van der Waals surface area contributed by atoms with Gasteiger partial charge in [-0.25, -0.2) is 9.18 Å². The van der Waals surface area contributed by atoms with Gasteiger partial charge in [0.25, 0.3) is 0 Å². The van der Waals surface area contributed by atoms with Crippen molar-refractivity contribution in [2.75, 3.05) is 23.5 Å². The number of anilines is 2. The quantitative estimate of drug-likeness (QED) is 0.185. The van der Waals surface area contributed by atoms with Gasteiger partial charge >= 0.3 is 5.97 Å². The van der Waals surface area contributed by atoms with Crippen molar-refractivity contribution in [2.24, 2.45) is 5.41 Å². The predicted molar refractivity (Wildman–Crippen MR) is 137 cm³/mol. The number of aliphatic carboxylic acids is 1. The average Bonchev–Trinajstić information content (AvgIpc) is 2.90. The maximum absolute atomic E-state index is 13.7. The molecule has 3 N–H and O–H groups in total. The Labute approximate surface area is 206 Å². The second kappa shape index (κ2) is 11.0. The van der Waals surface area contributed by atoms with Crippen LogP contribution >= 0.6 is 22.4 Å². The van der Waals surface area contributed by atoms with E-state index in [0.717, 1.165) is 43.7 Å². The molecule has 186 valence electrons. The molecule has 1 heterocycles. The van der Waals surface area contributed by atoms with E-state index in [4.69, 9.17) is 9.84 Å². The third-order valence-corrected chi connectivity index (χ3v) is 9.05. The van der Waals surface area contributed by atoms with Crippen molar-refractivity contribution in [2.45, 2.75) is 49.3 Å². The summed E-state index contributed by atoms with van der Waals surface area (Å²) in [5.74, 6) is -0.921. The fourth-order valence-corrected chi connectivity index (χ4v) is 7.12. The number of carboxylic acids is 1. The van der Waals surface area contributed by atoms with Crippen LogP contribution in [-0.4, -0.2) is 38.7 Å². The lowest BCUT2D eigenvalue weighted by molar-refractivity contribution is -0.131. The number of hydrogen-bond acceptors (Lipinski definition) is 6. The molecule has 0 saturated carbocycles. The topological polar surface area (TPSA) is 90.2 Å². The first-order valence-corrected chi connectivity index (χ1v) is 14.2. The third kappa shape index (κ3) is 5.89. The molecule has 2 aromatic rings. The van der Waals surface area contributed by atoms with Gasteiger partial charge in [-0.2, -0.15) is 10.6 Å². The van der Waals surface area contributed by atoms with E-state index in [1.807, 2.05) is 17.2 Å². The van der Waals surface area contributed by atoms with Gasteiger partial charge in [0.1, 0.15) is 11.6 Å². The normalized spacial score (nSPS) is 20.6. The van der Waals surface area contributed by atoms with Gasteiger partial charge in [0.05, 0.1) is 27.8 Å². The molecule has 0 spiro atoms. The fourth-order valence-electron chi connectivity index (χ4n) is 4.34. The minimum absolute atomic E-state index is 0.213. The van der Waals surface area contributed by atoms with Crippen LogP contribution < -0.4 is 9.64 Å². The van der Waals surface area contributed by atoms with Gasteiger partial charge in [-0.15, -0.1) is 11.8 Å². The molecule has 0 radical (unpaired) electrons. The van der Waals surface area contributed by atoms with Gasteiger partial charge in [-0.3, -0.25) is 9.11 Å². The van der Waals surface area contributed by atoms with Gasteiger partial charge in [0.15, 0.2) is 0 Å². The molecule has 3 rings (SSSR count). The fraction of sp³-hybridized carbons (Fsp3) is 0.400. The lowest BCUT2D eigenvalue weighted by Gasteiger charge is -2.41. The first kappa shape index (κ1) is 26.4. The number of hydrogen-bond donors (Lipinski definition) is 3. The number of benzene rings is 2. The predicted octanol–water partition coefficient (Wildman–Crippen LogP) is 7.37. The van der Waals surface area contributed by atoms with E-state index in [9.17, 15) is 18.3 Å². The van der Waals surface area contributed by atoms with E-state index >= 15 is 0 Å². The Morgan fingerprint density at radius 1 is 1.26 bits per heavy atom. The summed E-state index contributed by atoms with van der Waals surface area (Å²) in [6.45, 7) is 4.75. The minimum Gasteiger partial charge on any atom is -0.478 e. The zero-order chi connectivity index (χ0) is 24.9. The molecule has 1 unspecified atom stereocenters. The number of ether oxygens (including phenoxy) is 1. The number of carbonyl (C=O) groups is 1. The molecule has 1 atom stereocenters. The van der Waals surface area contributed by atoms with Crippen molar-refractivity contribution in [1.29, 1.82) is 0 Å². The van der Waals surface area contributed by atoms with E-state index in [-0.39, 0.29) is 17.0 Å². The van der Waals surface area contributed by atoms with Crippen LogP contribution in [0, 0.1) is 11.2 Å². The van der Waals surface area contributed by atoms with Crippen LogP contribution in [0.4, 0.5) is 15.8 Å². The molecular formula is C25H32FNO5S2. The van der Waals surface area contributed by atoms with Crippen molar-refractivity contribution in [3.8, 4) is 5.75 Å². The summed E-state index contributed by atoms with van der Waals surface area (Å²) in [6.07, 6.45) is 7.36. The summed E-state index contributed by atoms with van der Waals surface area (Å²) in [6, 6.07) is 9.66. The molecule has 34 heavy (non-hydrogen) atoms. The Kier molecular flexibility index (Phi) is 8.57. The highest BCUT2D eigenvalue weighted by atomic mass is 32.3. The molecule has 0 bridgehead atoms. The number of fused-ring (bicyclic) bond motifs is 1. The van der Waals surface area contributed by atoms with Crippen molar-refractivity contribution in [3.05, 3.63) is 54.6 Å². The van der Waals surface area contributed by atoms with E-state index < -0.39 is 16.6 Å². The molecule has 0 saturated heterocycles. The van der Waals surface area contributed by atoms with Crippen molar-refractivity contribution < 1.29 is 28.1 Å². The van der Waals surface area contributed by atoms with E-state index in [0.29, 0.717) is 27.8 Å². The van der Waals surface area contributed by atoms with E-state index in [2.05, 4.69) is 13.8 Å². The van der Waals surface area contributed by atoms with Gasteiger partial charge in [0.2, 0.25) is 0 Å². The summed E-state index contributed by atoms with van der Waals surface area (Å²) in [4.78, 5) is 14.0. The number of unbranched alkanes of at least 4 members (excludes halogenated alkanes) is 1. The minimum atomic E-state index is -3.21. The van der Waals surface area contributed by atoms with Crippen LogP contribution in [0.15, 0.2) is 58.5 Å².